The molecular formula is C7H14N4S. The van der Waals surface area contributed by atoms with Crippen LogP contribution in [0.5, 0.6) is 0 Å². The van der Waals surface area contributed by atoms with Gasteiger partial charge in [0.25, 0.3) is 0 Å². The smallest absolute Gasteiger partial charge is 0.191 e. The van der Waals surface area contributed by atoms with E-state index in [9.17, 15) is 0 Å². The molecule has 68 valence electrons. The molecule has 0 fully saturated rings. The highest BCUT2D eigenvalue weighted by Crippen LogP contribution is 2.15. The molecule has 4 nitrogen and oxygen atoms in total. The largest absolute Gasteiger partial charge is 0.329 e. The predicted molar refractivity (Wildman–Crippen MR) is 50.2 cm³/mol. The number of hydrogen-bond acceptors (Lipinski definition) is 4. The molecule has 0 saturated carbocycles. The average Bonchev–Trinajstić information content (AvgIpc) is 2.37. The van der Waals surface area contributed by atoms with E-state index >= 15 is 0 Å². The number of hydrogen-bond donors (Lipinski definition) is 1. The molecule has 0 aromatic carbocycles. The Hall–Kier alpha value is -0.550. The van der Waals surface area contributed by atoms with Crippen LogP contribution in [0.25, 0.3) is 0 Å². The van der Waals surface area contributed by atoms with Crippen LogP contribution in [0.4, 0.5) is 0 Å². The van der Waals surface area contributed by atoms with Gasteiger partial charge in [0, 0.05) is 13.1 Å². The van der Waals surface area contributed by atoms with Crippen LogP contribution >= 0.6 is 11.8 Å². The molecule has 0 atom stereocenters. The molecule has 0 aliphatic rings. The van der Waals surface area contributed by atoms with Gasteiger partial charge < -0.3 is 10.3 Å². The fourth-order valence-electron chi connectivity index (χ4n) is 0.984. The summed E-state index contributed by atoms with van der Waals surface area (Å²) >= 11 is 1.70. The summed E-state index contributed by atoms with van der Waals surface area (Å²) in [5.41, 5.74) is 5.47. The first-order chi connectivity index (χ1) is 5.79. The van der Waals surface area contributed by atoms with Crippen molar-refractivity contribution < 1.29 is 0 Å². The van der Waals surface area contributed by atoms with Gasteiger partial charge in [-0.2, -0.15) is 0 Å². The van der Waals surface area contributed by atoms with Gasteiger partial charge >= 0.3 is 0 Å². The second-order valence-corrected chi connectivity index (χ2v) is 3.63. The molecule has 0 aliphatic heterocycles. The zero-order chi connectivity index (χ0) is 8.97. The number of nitrogens with two attached hydrogens (primary N) is 1. The lowest BCUT2D eigenvalue weighted by Crippen LogP contribution is -2.12. The third-order valence-electron chi connectivity index (χ3n) is 1.53. The maximum absolute atomic E-state index is 5.47. The summed E-state index contributed by atoms with van der Waals surface area (Å²) < 4.78 is 2.05. The van der Waals surface area contributed by atoms with Gasteiger partial charge in [-0.3, -0.25) is 0 Å². The Balaban J connectivity index is 2.80. The molecule has 0 bridgehead atoms. The second kappa shape index (κ2) is 4.47. The lowest BCUT2D eigenvalue weighted by molar-refractivity contribution is 0.627. The SMILES string of the molecule is CCSc1nnc(C)n1CCN. The Kier molecular flexibility index (Phi) is 3.55. The molecule has 1 aromatic rings. The van der Waals surface area contributed by atoms with Crippen LogP contribution in [0.15, 0.2) is 5.16 Å². The van der Waals surface area contributed by atoms with E-state index in [4.69, 9.17) is 5.73 Å². The lowest BCUT2D eigenvalue weighted by Gasteiger charge is -2.04. The first-order valence-electron chi connectivity index (χ1n) is 4.02. The minimum Gasteiger partial charge on any atom is -0.329 e. The lowest BCUT2D eigenvalue weighted by atomic mass is 10.6. The number of aromatic nitrogens is 3. The zero-order valence-corrected chi connectivity index (χ0v) is 8.27. The molecule has 0 spiro atoms. The summed E-state index contributed by atoms with van der Waals surface area (Å²) in [6.45, 7) is 5.49. The summed E-state index contributed by atoms with van der Waals surface area (Å²) in [7, 11) is 0. The minimum absolute atomic E-state index is 0.635. The van der Waals surface area contributed by atoms with E-state index in [2.05, 4.69) is 17.1 Å². The third-order valence-corrected chi connectivity index (χ3v) is 2.38. The Morgan fingerprint density at radius 1 is 1.50 bits per heavy atom. The molecule has 0 aliphatic carbocycles. The average molecular weight is 186 g/mol. The molecule has 1 rings (SSSR count). The summed E-state index contributed by atoms with van der Waals surface area (Å²) in [5, 5.41) is 9.01. The molecule has 12 heavy (non-hydrogen) atoms. The Morgan fingerprint density at radius 3 is 2.83 bits per heavy atom. The van der Waals surface area contributed by atoms with Gasteiger partial charge in [0.05, 0.1) is 0 Å². The van der Waals surface area contributed by atoms with Crippen molar-refractivity contribution in [1.82, 2.24) is 14.8 Å². The summed E-state index contributed by atoms with van der Waals surface area (Å²) in [6, 6.07) is 0. The van der Waals surface area contributed by atoms with E-state index in [1.807, 2.05) is 11.5 Å². The van der Waals surface area contributed by atoms with Crippen LogP contribution in [0.2, 0.25) is 0 Å². The van der Waals surface area contributed by atoms with Gasteiger partial charge in [-0.1, -0.05) is 18.7 Å². The van der Waals surface area contributed by atoms with Crippen LogP contribution in [0.3, 0.4) is 0 Å². The highest BCUT2D eigenvalue weighted by Gasteiger charge is 2.06. The predicted octanol–water partition coefficient (Wildman–Crippen LogP) is 0.657. The van der Waals surface area contributed by atoms with Crippen molar-refractivity contribution in [3.05, 3.63) is 5.82 Å². The molecule has 1 heterocycles. The van der Waals surface area contributed by atoms with Gasteiger partial charge in [-0.15, -0.1) is 10.2 Å². The van der Waals surface area contributed by atoms with Crippen LogP contribution in [0, 0.1) is 6.92 Å². The van der Waals surface area contributed by atoms with Crippen LogP contribution in [0.1, 0.15) is 12.7 Å². The monoisotopic (exact) mass is 186 g/mol. The molecule has 1 aromatic heterocycles. The summed E-state index contributed by atoms with van der Waals surface area (Å²) in [6.07, 6.45) is 0. The van der Waals surface area contributed by atoms with Gasteiger partial charge in [-0.25, -0.2) is 0 Å². The van der Waals surface area contributed by atoms with Crippen LogP contribution in [-0.4, -0.2) is 27.1 Å². The van der Waals surface area contributed by atoms with Crippen molar-refractivity contribution >= 4 is 11.8 Å². The van der Waals surface area contributed by atoms with Gasteiger partial charge in [0.1, 0.15) is 5.82 Å². The number of thioether (sulfide) groups is 1. The Bertz CT molecular complexity index is 246. The maximum Gasteiger partial charge on any atom is 0.191 e. The molecule has 5 heteroatoms. The van der Waals surface area contributed by atoms with Gasteiger partial charge in [-0.05, 0) is 12.7 Å². The van der Waals surface area contributed by atoms with E-state index < -0.39 is 0 Å². The quantitative estimate of drug-likeness (QED) is 0.702. The number of rotatable bonds is 4. The summed E-state index contributed by atoms with van der Waals surface area (Å²) in [5.74, 6) is 1.96. The molecular weight excluding hydrogens is 172 g/mol. The van der Waals surface area contributed by atoms with E-state index in [1.54, 1.807) is 11.8 Å². The Labute approximate surface area is 76.5 Å². The van der Waals surface area contributed by atoms with Crippen LogP contribution < -0.4 is 5.73 Å². The Morgan fingerprint density at radius 2 is 2.25 bits per heavy atom. The fourth-order valence-corrected chi connectivity index (χ4v) is 1.72. The second-order valence-electron chi connectivity index (χ2n) is 2.40. The standard InChI is InChI=1S/C7H14N4S/c1-3-12-7-10-9-6(2)11(7)5-4-8/h3-5,8H2,1-2H3. The third kappa shape index (κ3) is 1.98. The van der Waals surface area contributed by atoms with Gasteiger partial charge in [0.15, 0.2) is 5.16 Å². The molecule has 0 amide bonds. The minimum atomic E-state index is 0.635. The van der Waals surface area contributed by atoms with Crippen molar-refractivity contribution in [2.75, 3.05) is 12.3 Å². The molecule has 2 N–H and O–H groups in total. The van der Waals surface area contributed by atoms with Crippen molar-refractivity contribution in [3.63, 3.8) is 0 Å². The summed E-state index contributed by atoms with van der Waals surface area (Å²) in [4.78, 5) is 0. The van der Waals surface area contributed by atoms with E-state index in [-0.39, 0.29) is 0 Å². The maximum atomic E-state index is 5.47. The van der Waals surface area contributed by atoms with Crippen LogP contribution in [-0.2, 0) is 6.54 Å². The van der Waals surface area contributed by atoms with E-state index in [1.165, 1.54) is 0 Å². The molecule has 0 radical (unpaired) electrons. The van der Waals surface area contributed by atoms with Crippen molar-refractivity contribution in [2.24, 2.45) is 5.73 Å². The fraction of sp³-hybridized carbons (Fsp3) is 0.714. The van der Waals surface area contributed by atoms with Crippen molar-refractivity contribution in [1.29, 1.82) is 0 Å². The normalized spacial score (nSPS) is 10.6. The highest BCUT2D eigenvalue weighted by atomic mass is 32.2. The zero-order valence-electron chi connectivity index (χ0n) is 7.45. The number of nitrogens with zero attached hydrogens (tertiary/aromatic N) is 3. The van der Waals surface area contributed by atoms with Crippen molar-refractivity contribution in [3.8, 4) is 0 Å². The van der Waals surface area contributed by atoms with E-state index in [0.717, 1.165) is 23.3 Å². The highest BCUT2D eigenvalue weighted by molar-refractivity contribution is 7.99. The number of aryl methyl sites for hydroxylation is 1. The van der Waals surface area contributed by atoms with E-state index in [0.29, 0.717) is 6.54 Å². The van der Waals surface area contributed by atoms with Gasteiger partial charge in [0.2, 0.25) is 0 Å². The van der Waals surface area contributed by atoms with Crippen molar-refractivity contribution in [2.45, 2.75) is 25.5 Å². The first-order valence-corrected chi connectivity index (χ1v) is 5.00. The first kappa shape index (κ1) is 9.54. The molecule has 0 unspecified atom stereocenters. The topological polar surface area (TPSA) is 56.7 Å². The molecule has 0 saturated heterocycles.